The minimum Gasteiger partial charge on any atom is -0.505 e. The lowest BCUT2D eigenvalue weighted by molar-refractivity contribution is 0.433. The Morgan fingerprint density at radius 1 is 0.875 bits per heavy atom. The average Bonchev–Trinajstić information content (AvgIpc) is 2.99. The standard InChI is InChI=1S/C19H12F2N2O/c20-16-4-2-1-3-15(16)12-5-7-14(8-6-12)23-18-10-19(24)17(21)9-13(18)11-22-23/h1-11,24H. The van der Waals surface area contributed by atoms with E-state index in [9.17, 15) is 13.9 Å². The van der Waals surface area contributed by atoms with Crippen LogP contribution >= 0.6 is 0 Å². The molecule has 0 aliphatic heterocycles. The topological polar surface area (TPSA) is 38.1 Å². The highest BCUT2D eigenvalue weighted by Crippen LogP contribution is 2.27. The minimum absolute atomic E-state index is 0.282. The second kappa shape index (κ2) is 5.45. The summed E-state index contributed by atoms with van der Waals surface area (Å²) in [5.74, 6) is -1.39. The quantitative estimate of drug-likeness (QED) is 0.582. The van der Waals surface area contributed by atoms with E-state index in [4.69, 9.17) is 0 Å². The number of halogens is 2. The predicted octanol–water partition coefficient (Wildman–Crippen LogP) is 4.68. The van der Waals surface area contributed by atoms with Crippen LogP contribution in [-0.2, 0) is 0 Å². The molecular formula is C19H12F2N2O. The van der Waals surface area contributed by atoms with Gasteiger partial charge >= 0.3 is 0 Å². The molecule has 3 aromatic carbocycles. The zero-order valence-electron chi connectivity index (χ0n) is 12.4. The number of phenols is 1. The third kappa shape index (κ3) is 2.31. The van der Waals surface area contributed by atoms with E-state index in [-0.39, 0.29) is 5.82 Å². The number of hydrogen-bond donors (Lipinski definition) is 1. The summed E-state index contributed by atoms with van der Waals surface area (Å²) in [6.45, 7) is 0. The third-order valence-electron chi connectivity index (χ3n) is 3.93. The molecule has 0 saturated carbocycles. The number of aromatic nitrogens is 2. The summed E-state index contributed by atoms with van der Waals surface area (Å²) in [7, 11) is 0. The highest BCUT2D eigenvalue weighted by atomic mass is 19.1. The molecule has 4 aromatic rings. The summed E-state index contributed by atoms with van der Waals surface area (Å²) in [5.41, 5.74) is 2.60. The average molecular weight is 322 g/mol. The molecule has 0 aliphatic rings. The Kier molecular flexibility index (Phi) is 3.27. The maximum atomic E-state index is 13.9. The summed E-state index contributed by atoms with van der Waals surface area (Å²) in [5, 5.41) is 14.4. The second-order valence-electron chi connectivity index (χ2n) is 5.45. The number of fused-ring (bicyclic) bond motifs is 1. The summed E-state index contributed by atoms with van der Waals surface area (Å²) in [6, 6.07) is 16.3. The number of nitrogens with zero attached hydrogens (tertiary/aromatic N) is 2. The Balaban J connectivity index is 1.79. The van der Waals surface area contributed by atoms with Gasteiger partial charge in [0.2, 0.25) is 0 Å². The van der Waals surface area contributed by atoms with Gasteiger partial charge in [0.25, 0.3) is 0 Å². The van der Waals surface area contributed by atoms with E-state index >= 15 is 0 Å². The van der Waals surface area contributed by atoms with Gasteiger partial charge in [-0.05, 0) is 29.8 Å². The van der Waals surface area contributed by atoms with Crippen molar-refractivity contribution in [1.29, 1.82) is 0 Å². The number of benzene rings is 3. The van der Waals surface area contributed by atoms with Crippen molar-refractivity contribution in [3.8, 4) is 22.6 Å². The first-order chi connectivity index (χ1) is 11.6. The Bertz CT molecular complexity index is 1040. The Labute approximate surface area is 136 Å². The van der Waals surface area contributed by atoms with Gasteiger partial charge in [-0.2, -0.15) is 5.10 Å². The molecule has 0 fully saturated rings. The maximum Gasteiger partial charge on any atom is 0.165 e. The largest absolute Gasteiger partial charge is 0.505 e. The highest BCUT2D eigenvalue weighted by molar-refractivity contribution is 5.82. The van der Waals surface area contributed by atoms with Gasteiger partial charge in [0.15, 0.2) is 11.6 Å². The lowest BCUT2D eigenvalue weighted by atomic mass is 10.0. The number of phenolic OH excluding ortho intramolecular Hbond substituents is 1. The van der Waals surface area contributed by atoms with Crippen molar-refractivity contribution in [1.82, 2.24) is 9.78 Å². The third-order valence-corrected chi connectivity index (χ3v) is 3.93. The molecule has 0 unspecified atom stereocenters. The molecular weight excluding hydrogens is 310 g/mol. The summed E-state index contributed by atoms with van der Waals surface area (Å²) in [4.78, 5) is 0. The lowest BCUT2D eigenvalue weighted by Gasteiger charge is -2.07. The molecule has 1 heterocycles. The molecule has 0 aliphatic carbocycles. The summed E-state index contributed by atoms with van der Waals surface area (Å²) in [6.07, 6.45) is 1.53. The van der Waals surface area contributed by atoms with E-state index in [1.54, 1.807) is 47.1 Å². The van der Waals surface area contributed by atoms with Gasteiger partial charge in [-0.3, -0.25) is 0 Å². The van der Waals surface area contributed by atoms with Crippen LogP contribution in [0.4, 0.5) is 8.78 Å². The molecule has 1 N–H and O–H groups in total. The molecule has 0 atom stereocenters. The van der Waals surface area contributed by atoms with Crippen LogP contribution in [-0.4, -0.2) is 14.9 Å². The molecule has 24 heavy (non-hydrogen) atoms. The zero-order valence-corrected chi connectivity index (χ0v) is 12.4. The van der Waals surface area contributed by atoms with E-state index in [1.807, 2.05) is 0 Å². The molecule has 3 nitrogen and oxygen atoms in total. The first-order valence-corrected chi connectivity index (χ1v) is 7.35. The molecule has 0 bridgehead atoms. The molecule has 118 valence electrons. The van der Waals surface area contributed by atoms with E-state index in [0.717, 1.165) is 11.3 Å². The SMILES string of the molecule is Oc1cc2c(cnn2-c2ccc(-c3ccccc3F)cc2)cc1F. The van der Waals surface area contributed by atoms with Crippen LogP contribution in [0.25, 0.3) is 27.7 Å². The molecule has 0 spiro atoms. The van der Waals surface area contributed by atoms with Crippen LogP contribution in [0, 0.1) is 11.6 Å². The zero-order chi connectivity index (χ0) is 16.7. The first kappa shape index (κ1) is 14.4. The van der Waals surface area contributed by atoms with E-state index < -0.39 is 11.6 Å². The lowest BCUT2D eigenvalue weighted by Crippen LogP contribution is -1.96. The van der Waals surface area contributed by atoms with Crippen molar-refractivity contribution in [2.45, 2.75) is 0 Å². The maximum absolute atomic E-state index is 13.9. The molecule has 5 heteroatoms. The van der Waals surface area contributed by atoms with Gasteiger partial charge in [0.1, 0.15) is 5.82 Å². The monoisotopic (exact) mass is 322 g/mol. The molecule has 0 radical (unpaired) electrons. The second-order valence-corrected chi connectivity index (χ2v) is 5.45. The van der Waals surface area contributed by atoms with Gasteiger partial charge < -0.3 is 5.11 Å². The Morgan fingerprint density at radius 3 is 2.38 bits per heavy atom. The highest BCUT2D eigenvalue weighted by Gasteiger charge is 2.10. The van der Waals surface area contributed by atoms with Gasteiger partial charge in [0, 0.05) is 17.0 Å². The fourth-order valence-electron chi connectivity index (χ4n) is 2.72. The first-order valence-electron chi connectivity index (χ1n) is 7.35. The van der Waals surface area contributed by atoms with Gasteiger partial charge in [0.05, 0.1) is 17.4 Å². The molecule has 1 aromatic heterocycles. The van der Waals surface area contributed by atoms with Crippen LogP contribution in [0.15, 0.2) is 66.9 Å². The van der Waals surface area contributed by atoms with Crippen LogP contribution in [0.3, 0.4) is 0 Å². The van der Waals surface area contributed by atoms with Crippen LogP contribution < -0.4 is 0 Å². The van der Waals surface area contributed by atoms with E-state index in [2.05, 4.69) is 5.10 Å². The van der Waals surface area contributed by atoms with Crippen molar-refractivity contribution in [2.24, 2.45) is 0 Å². The predicted molar refractivity (Wildman–Crippen MR) is 88.1 cm³/mol. The Morgan fingerprint density at radius 2 is 1.62 bits per heavy atom. The normalized spacial score (nSPS) is 11.1. The minimum atomic E-state index is -0.683. The fourth-order valence-corrected chi connectivity index (χ4v) is 2.72. The van der Waals surface area contributed by atoms with E-state index in [0.29, 0.717) is 16.5 Å². The fraction of sp³-hybridized carbons (Fsp3) is 0. The van der Waals surface area contributed by atoms with Crippen LogP contribution in [0.2, 0.25) is 0 Å². The van der Waals surface area contributed by atoms with Crippen molar-refractivity contribution in [3.63, 3.8) is 0 Å². The summed E-state index contributed by atoms with van der Waals surface area (Å²) < 4.78 is 28.9. The van der Waals surface area contributed by atoms with Gasteiger partial charge in [-0.1, -0.05) is 30.3 Å². The smallest absolute Gasteiger partial charge is 0.165 e. The van der Waals surface area contributed by atoms with Gasteiger partial charge in [-0.25, -0.2) is 13.5 Å². The Hall–Kier alpha value is -3.21. The number of rotatable bonds is 2. The number of aromatic hydroxyl groups is 1. The molecule has 4 rings (SSSR count). The van der Waals surface area contributed by atoms with Gasteiger partial charge in [-0.15, -0.1) is 0 Å². The van der Waals surface area contributed by atoms with Crippen molar-refractivity contribution in [2.75, 3.05) is 0 Å². The molecule has 0 saturated heterocycles. The number of hydrogen-bond acceptors (Lipinski definition) is 2. The molecule has 0 amide bonds. The van der Waals surface area contributed by atoms with E-state index in [1.165, 1.54) is 24.4 Å². The van der Waals surface area contributed by atoms with Crippen LogP contribution in [0.1, 0.15) is 0 Å². The van der Waals surface area contributed by atoms with Crippen molar-refractivity contribution in [3.05, 3.63) is 78.5 Å². The summed E-state index contributed by atoms with van der Waals surface area (Å²) >= 11 is 0. The van der Waals surface area contributed by atoms with Crippen LogP contribution in [0.5, 0.6) is 5.75 Å². The van der Waals surface area contributed by atoms with Crippen molar-refractivity contribution < 1.29 is 13.9 Å². The van der Waals surface area contributed by atoms with Crippen molar-refractivity contribution >= 4 is 10.9 Å².